The molecule has 0 saturated carbocycles. The summed E-state index contributed by atoms with van der Waals surface area (Å²) in [4.78, 5) is 9.09. The molecule has 3 aromatic carbocycles. The topological polar surface area (TPSA) is 43.2 Å². The summed E-state index contributed by atoms with van der Waals surface area (Å²) in [5, 5.41) is 0. The summed E-state index contributed by atoms with van der Waals surface area (Å²) < 4.78 is 12.3. The summed E-state index contributed by atoms with van der Waals surface area (Å²) in [5.41, 5.74) is 4.19. The number of aliphatic imine (C=N–C) groups is 2. The smallest absolute Gasteiger partial charge is 0.128 e. The molecule has 0 radical (unpaired) electrons. The second-order valence-electron chi connectivity index (χ2n) is 6.85. The standard InChI is InChI=1S/C25H24N2O2/c1-2-11-23-19-29-25-13-6-4-9-21(25)17-27-15-7-14-26-16-20-8-3-5-12-24(20)28-18-22(23)10-1/h1-6,8-13,16-17H,7,14-15,18-19H2. The monoisotopic (exact) mass is 384 g/mol. The van der Waals surface area contributed by atoms with Crippen molar-refractivity contribution < 1.29 is 9.47 Å². The molecule has 0 spiro atoms. The van der Waals surface area contributed by atoms with Crippen LogP contribution in [0.4, 0.5) is 0 Å². The Morgan fingerprint density at radius 3 is 1.52 bits per heavy atom. The minimum atomic E-state index is 0.480. The molecule has 0 fully saturated rings. The molecule has 0 bridgehead atoms. The first kappa shape index (κ1) is 18.9. The molecule has 0 saturated heterocycles. The highest BCUT2D eigenvalue weighted by molar-refractivity contribution is 5.84. The lowest BCUT2D eigenvalue weighted by atomic mass is 10.1. The molecule has 1 aliphatic rings. The van der Waals surface area contributed by atoms with Crippen molar-refractivity contribution in [2.45, 2.75) is 19.6 Å². The van der Waals surface area contributed by atoms with Gasteiger partial charge in [-0.3, -0.25) is 9.98 Å². The van der Waals surface area contributed by atoms with Crippen LogP contribution in [0.1, 0.15) is 28.7 Å². The van der Waals surface area contributed by atoms with E-state index in [-0.39, 0.29) is 0 Å². The Balaban J connectivity index is 1.63. The zero-order chi connectivity index (χ0) is 19.7. The van der Waals surface area contributed by atoms with Gasteiger partial charge in [-0.25, -0.2) is 0 Å². The number of hydrogen-bond donors (Lipinski definition) is 0. The molecular formula is C25H24N2O2. The predicted octanol–water partition coefficient (Wildman–Crippen LogP) is 5.09. The van der Waals surface area contributed by atoms with Gasteiger partial charge in [-0.1, -0.05) is 48.5 Å². The van der Waals surface area contributed by atoms with E-state index in [0.29, 0.717) is 13.2 Å². The van der Waals surface area contributed by atoms with Crippen molar-refractivity contribution in [3.63, 3.8) is 0 Å². The number of rotatable bonds is 0. The molecule has 0 aromatic heterocycles. The summed E-state index contributed by atoms with van der Waals surface area (Å²) in [6.07, 6.45) is 4.67. The SMILES string of the molecule is C1=NCCCN=Cc2ccccc2OCc2ccccc2COc2ccccc21. The molecule has 4 nitrogen and oxygen atoms in total. The van der Waals surface area contributed by atoms with E-state index in [2.05, 4.69) is 22.1 Å². The lowest BCUT2D eigenvalue weighted by Crippen LogP contribution is -2.05. The van der Waals surface area contributed by atoms with Gasteiger partial charge in [0, 0.05) is 36.6 Å². The normalized spacial score (nSPS) is 14.5. The molecule has 3 aromatic rings. The van der Waals surface area contributed by atoms with Crippen LogP contribution < -0.4 is 9.47 Å². The fraction of sp³-hybridized carbons (Fsp3) is 0.200. The molecule has 146 valence electrons. The highest BCUT2D eigenvalue weighted by Crippen LogP contribution is 2.22. The first-order valence-electron chi connectivity index (χ1n) is 9.90. The van der Waals surface area contributed by atoms with Crippen LogP contribution >= 0.6 is 0 Å². The van der Waals surface area contributed by atoms with Crippen LogP contribution in [0.3, 0.4) is 0 Å². The van der Waals surface area contributed by atoms with Gasteiger partial charge in [0.25, 0.3) is 0 Å². The molecule has 0 unspecified atom stereocenters. The van der Waals surface area contributed by atoms with Gasteiger partial charge in [0.1, 0.15) is 24.7 Å². The van der Waals surface area contributed by atoms with E-state index >= 15 is 0 Å². The van der Waals surface area contributed by atoms with Gasteiger partial charge in [-0.05, 0) is 41.8 Å². The van der Waals surface area contributed by atoms with Gasteiger partial charge >= 0.3 is 0 Å². The van der Waals surface area contributed by atoms with E-state index < -0.39 is 0 Å². The Morgan fingerprint density at radius 1 is 0.552 bits per heavy atom. The maximum Gasteiger partial charge on any atom is 0.128 e. The lowest BCUT2D eigenvalue weighted by molar-refractivity contribution is 0.285. The summed E-state index contributed by atoms with van der Waals surface area (Å²) in [6, 6.07) is 24.2. The minimum Gasteiger partial charge on any atom is -0.488 e. The van der Waals surface area contributed by atoms with E-state index in [4.69, 9.17) is 9.47 Å². The summed E-state index contributed by atoms with van der Waals surface area (Å²) in [5.74, 6) is 1.67. The number of hydrogen-bond acceptors (Lipinski definition) is 4. The molecule has 0 N–H and O–H groups in total. The molecule has 0 atom stereocenters. The van der Waals surface area contributed by atoms with Gasteiger partial charge in [0.05, 0.1) is 0 Å². The second-order valence-corrected chi connectivity index (χ2v) is 6.85. The molecule has 4 heteroatoms. The second kappa shape index (κ2) is 9.69. The Kier molecular flexibility index (Phi) is 6.33. The van der Waals surface area contributed by atoms with E-state index in [9.17, 15) is 0 Å². The third kappa shape index (κ3) is 5.11. The Hall–Kier alpha value is -3.40. The summed E-state index contributed by atoms with van der Waals surface area (Å²) in [7, 11) is 0. The molecule has 0 aliphatic carbocycles. The van der Waals surface area contributed by atoms with Crippen LogP contribution in [0.5, 0.6) is 11.5 Å². The number of benzene rings is 3. The third-order valence-corrected chi connectivity index (χ3v) is 4.76. The fourth-order valence-electron chi connectivity index (χ4n) is 3.17. The zero-order valence-electron chi connectivity index (χ0n) is 16.3. The van der Waals surface area contributed by atoms with Crippen LogP contribution in [0, 0.1) is 0 Å². The third-order valence-electron chi connectivity index (χ3n) is 4.76. The molecule has 1 aliphatic heterocycles. The van der Waals surface area contributed by atoms with Crippen molar-refractivity contribution >= 4 is 12.4 Å². The largest absolute Gasteiger partial charge is 0.488 e. The first-order valence-corrected chi connectivity index (χ1v) is 9.90. The van der Waals surface area contributed by atoms with Crippen LogP contribution in [-0.4, -0.2) is 25.5 Å². The van der Waals surface area contributed by atoms with Gasteiger partial charge in [0.15, 0.2) is 0 Å². The molecule has 4 rings (SSSR count). The van der Waals surface area contributed by atoms with Crippen molar-refractivity contribution in [1.29, 1.82) is 0 Å². The van der Waals surface area contributed by atoms with Crippen molar-refractivity contribution in [1.82, 2.24) is 0 Å². The van der Waals surface area contributed by atoms with Crippen molar-refractivity contribution in [3.05, 3.63) is 95.1 Å². The minimum absolute atomic E-state index is 0.480. The van der Waals surface area contributed by atoms with Crippen LogP contribution in [0.15, 0.2) is 82.8 Å². The summed E-state index contributed by atoms with van der Waals surface area (Å²) in [6.45, 7) is 2.42. The Bertz CT molecular complexity index is 930. The lowest BCUT2D eigenvalue weighted by Gasteiger charge is -2.14. The number of ether oxygens (including phenoxy) is 2. The van der Waals surface area contributed by atoms with E-state index in [0.717, 1.165) is 53.3 Å². The fourth-order valence-corrected chi connectivity index (χ4v) is 3.17. The maximum atomic E-state index is 6.14. The Labute approximate surface area is 171 Å². The highest BCUT2D eigenvalue weighted by atomic mass is 16.5. The number of nitrogens with zero attached hydrogens (tertiary/aromatic N) is 2. The van der Waals surface area contributed by atoms with E-state index in [1.807, 2.05) is 73.1 Å². The van der Waals surface area contributed by atoms with Crippen LogP contribution in [-0.2, 0) is 13.2 Å². The summed E-state index contributed by atoms with van der Waals surface area (Å²) >= 11 is 0. The average Bonchev–Trinajstić information content (AvgIpc) is 2.77. The van der Waals surface area contributed by atoms with Gasteiger partial charge < -0.3 is 9.47 Å². The molecule has 1 heterocycles. The first-order chi connectivity index (χ1) is 14.4. The van der Waals surface area contributed by atoms with Crippen molar-refractivity contribution in [3.8, 4) is 11.5 Å². The number of para-hydroxylation sites is 2. The van der Waals surface area contributed by atoms with Crippen molar-refractivity contribution in [2.75, 3.05) is 13.1 Å². The molecular weight excluding hydrogens is 360 g/mol. The molecule has 29 heavy (non-hydrogen) atoms. The maximum absolute atomic E-state index is 6.14. The van der Waals surface area contributed by atoms with E-state index in [1.54, 1.807) is 0 Å². The average molecular weight is 384 g/mol. The van der Waals surface area contributed by atoms with Crippen LogP contribution in [0.2, 0.25) is 0 Å². The Morgan fingerprint density at radius 2 is 1.00 bits per heavy atom. The molecule has 0 amide bonds. The van der Waals surface area contributed by atoms with Crippen molar-refractivity contribution in [2.24, 2.45) is 9.98 Å². The van der Waals surface area contributed by atoms with Crippen LogP contribution in [0.25, 0.3) is 0 Å². The number of fused-ring (bicyclic) bond motifs is 3. The zero-order valence-corrected chi connectivity index (χ0v) is 16.3. The highest BCUT2D eigenvalue weighted by Gasteiger charge is 2.08. The van der Waals surface area contributed by atoms with E-state index in [1.165, 1.54) is 0 Å². The quantitative estimate of drug-likeness (QED) is 0.542. The van der Waals surface area contributed by atoms with Gasteiger partial charge in [0.2, 0.25) is 0 Å². The van der Waals surface area contributed by atoms with Gasteiger partial charge in [-0.15, -0.1) is 0 Å². The predicted molar refractivity (Wildman–Crippen MR) is 118 cm³/mol. The van der Waals surface area contributed by atoms with Gasteiger partial charge in [-0.2, -0.15) is 0 Å².